The van der Waals surface area contributed by atoms with E-state index in [1.807, 2.05) is 22.9 Å². The highest BCUT2D eigenvalue weighted by Gasteiger charge is 2.04. The number of unbranched alkanes of at least 4 members (excludes halogenated alkanes) is 2. The molecule has 1 rings (SSSR count). The molecular formula is C14H26OS. The number of rotatable bonds is 7. The van der Waals surface area contributed by atoms with Gasteiger partial charge in [0.25, 0.3) is 0 Å². The second-order valence-electron chi connectivity index (χ2n) is 4.13. The van der Waals surface area contributed by atoms with Crippen molar-refractivity contribution in [2.75, 3.05) is 6.61 Å². The van der Waals surface area contributed by atoms with E-state index in [0.29, 0.717) is 12.5 Å². The maximum Gasteiger partial charge on any atom is 0.0459 e. The molecule has 0 spiro atoms. The van der Waals surface area contributed by atoms with Crippen LogP contribution < -0.4 is 0 Å². The Labute approximate surface area is 105 Å². The van der Waals surface area contributed by atoms with E-state index in [4.69, 9.17) is 5.11 Å². The van der Waals surface area contributed by atoms with Crippen molar-refractivity contribution in [2.24, 2.45) is 5.92 Å². The highest BCUT2D eigenvalue weighted by molar-refractivity contribution is 7.07. The van der Waals surface area contributed by atoms with Crippen molar-refractivity contribution in [1.82, 2.24) is 0 Å². The zero-order valence-electron chi connectivity index (χ0n) is 10.7. The molecule has 0 fully saturated rings. The summed E-state index contributed by atoms with van der Waals surface area (Å²) in [4.78, 5) is 0. The fourth-order valence-electron chi connectivity index (χ4n) is 1.64. The van der Waals surface area contributed by atoms with E-state index >= 15 is 0 Å². The Morgan fingerprint density at radius 1 is 1.00 bits per heavy atom. The molecule has 1 nitrogen and oxygen atoms in total. The zero-order chi connectivity index (χ0) is 12.1. The molecular weight excluding hydrogens is 216 g/mol. The minimum Gasteiger partial charge on any atom is -0.396 e. The van der Waals surface area contributed by atoms with Crippen LogP contribution in [0.1, 0.15) is 52.4 Å². The first-order valence-corrected chi connectivity index (χ1v) is 7.37. The molecule has 0 aliphatic rings. The fourth-order valence-corrected chi connectivity index (χ4v) is 2.10. The number of aliphatic hydroxyl groups is 1. The molecule has 1 heterocycles. The summed E-state index contributed by atoms with van der Waals surface area (Å²) >= 11 is 1.71. The molecule has 0 aromatic carbocycles. The second kappa shape index (κ2) is 12.7. The van der Waals surface area contributed by atoms with E-state index in [9.17, 15) is 0 Å². The third-order valence-electron chi connectivity index (χ3n) is 2.60. The lowest BCUT2D eigenvalue weighted by Crippen LogP contribution is -2.05. The van der Waals surface area contributed by atoms with Crippen LogP contribution in [0.25, 0.3) is 0 Å². The lowest BCUT2D eigenvalue weighted by Gasteiger charge is -2.11. The van der Waals surface area contributed by atoms with Crippen LogP contribution in [0.2, 0.25) is 0 Å². The minimum absolute atomic E-state index is 0.386. The van der Waals surface area contributed by atoms with Gasteiger partial charge in [0.1, 0.15) is 0 Å². The quantitative estimate of drug-likeness (QED) is 0.686. The van der Waals surface area contributed by atoms with E-state index in [1.54, 1.807) is 11.3 Å². The van der Waals surface area contributed by atoms with Crippen molar-refractivity contribution in [3.05, 3.63) is 22.9 Å². The van der Waals surface area contributed by atoms with Crippen molar-refractivity contribution in [3.63, 3.8) is 0 Å². The van der Waals surface area contributed by atoms with Crippen LogP contribution in [-0.4, -0.2) is 11.7 Å². The van der Waals surface area contributed by atoms with Gasteiger partial charge in [-0.05, 0) is 29.5 Å². The van der Waals surface area contributed by atoms with E-state index in [1.165, 1.54) is 38.5 Å². The van der Waals surface area contributed by atoms with Crippen molar-refractivity contribution >= 4 is 11.3 Å². The molecule has 0 amide bonds. The van der Waals surface area contributed by atoms with Crippen LogP contribution >= 0.6 is 11.3 Å². The standard InChI is InChI=1S/C10H22O.C4H4S/c1-3-5-6-8-10(9-11)7-4-2;1-2-4-5-3-1/h10-11H,3-9H2,1-2H3;1-4H. The molecule has 94 valence electrons. The average Bonchev–Trinajstić information content (AvgIpc) is 2.87. The first kappa shape index (κ1) is 15.7. The maximum absolute atomic E-state index is 8.96. The van der Waals surface area contributed by atoms with Gasteiger partial charge in [0.2, 0.25) is 0 Å². The Morgan fingerprint density at radius 3 is 2.06 bits per heavy atom. The summed E-state index contributed by atoms with van der Waals surface area (Å²) in [5, 5.41) is 13.0. The smallest absolute Gasteiger partial charge is 0.0459 e. The largest absolute Gasteiger partial charge is 0.396 e. The lowest BCUT2D eigenvalue weighted by molar-refractivity contribution is 0.207. The van der Waals surface area contributed by atoms with Gasteiger partial charge in [-0.3, -0.25) is 0 Å². The van der Waals surface area contributed by atoms with Crippen LogP contribution in [-0.2, 0) is 0 Å². The zero-order valence-corrected chi connectivity index (χ0v) is 11.5. The van der Waals surface area contributed by atoms with Crippen LogP contribution in [0.15, 0.2) is 22.9 Å². The fraction of sp³-hybridized carbons (Fsp3) is 0.714. The number of hydrogen-bond donors (Lipinski definition) is 1. The highest BCUT2D eigenvalue weighted by atomic mass is 32.1. The summed E-state index contributed by atoms with van der Waals surface area (Å²) in [5.74, 6) is 0.576. The van der Waals surface area contributed by atoms with Gasteiger partial charge in [0, 0.05) is 6.61 Å². The SMILES string of the molecule is CCCCCC(CO)CCC.c1ccsc1. The molecule has 0 saturated carbocycles. The highest BCUT2D eigenvalue weighted by Crippen LogP contribution is 2.14. The van der Waals surface area contributed by atoms with Gasteiger partial charge in [-0.25, -0.2) is 0 Å². The Kier molecular flexibility index (Phi) is 12.5. The molecule has 0 radical (unpaired) electrons. The molecule has 0 bridgehead atoms. The molecule has 0 saturated heterocycles. The molecule has 0 aliphatic heterocycles. The molecule has 0 aliphatic carbocycles. The van der Waals surface area contributed by atoms with Gasteiger partial charge in [-0.2, -0.15) is 11.3 Å². The Morgan fingerprint density at radius 2 is 1.69 bits per heavy atom. The Hall–Kier alpha value is -0.340. The number of thiophene rings is 1. The third kappa shape index (κ3) is 10.2. The van der Waals surface area contributed by atoms with Gasteiger partial charge < -0.3 is 5.11 Å². The van der Waals surface area contributed by atoms with Crippen molar-refractivity contribution < 1.29 is 5.11 Å². The van der Waals surface area contributed by atoms with Gasteiger partial charge in [0.05, 0.1) is 0 Å². The third-order valence-corrected chi connectivity index (χ3v) is 3.22. The molecule has 1 aromatic rings. The summed E-state index contributed by atoms with van der Waals surface area (Å²) < 4.78 is 0. The van der Waals surface area contributed by atoms with Crippen LogP contribution in [0.4, 0.5) is 0 Å². The van der Waals surface area contributed by atoms with Crippen molar-refractivity contribution in [2.45, 2.75) is 52.4 Å². The van der Waals surface area contributed by atoms with Gasteiger partial charge >= 0.3 is 0 Å². The summed E-state index contributed by atoms with van der Waals surface area (Å²) in [6.45, 7) is 4.79. The number of aliphatic hydroxyl groups excluding tert-OH is 1. The topological polar surface area (TPSA) is 20.2 Å². The van der Waals surface area contributed by atoms with E-state index in [0.717, 1.165) is 0 Å². The second-order valence-corrected chi connectivity index (χ2v) is 4.94. The normalized spacial score (nSPS) is 11.7. The average molecular weight is 242 g/mol. The lowest BCUT2D eigenvalue weighted by atomic mass is 9.98. The molecule has 1 unspecified atom stereocenters. The number of hydrogen-bond acceptors (Lipinski definition) is 2. The summed E-state index contributed by atoms with van der Waals surface area (Å²) in [5.41, 5.74) is 0. The minimum atomic E-state index is 0.386. The van der Waals surface area contributed by atoms with Crippen LogP contribution in [0.5, 0.6) is 0 Å². The Bertz CT molecular complexity index is 179. The molecule has 1 N–H and O–H groups in total. The molecule has 1 atom stereocenters. The van der Waals surface area contributed by atoms with Gasteiger partial charge in [-0.1, -0.05) is 51.7 Å². The predicted octanol–water partition coefficient (Wildman–Crippen LogP) is 4.72. The molecule has 1 aromatic heterocycles. The van der Waals surface area contributed by atoms with Gasteiger partial charge in [0.15, 0.2) is 0 Å². The summed E-state index contributed by atoms with van der Waals surface area (Å²) in [6, 6.07) is 4.04. The van der Waals surface area contributed by atoms with E-state index in [2.05, 4.69) is 13.8 Å². The Balaban J connectivity index is 0.000000368. The van der Waals surface area contributed by atoms with E-state index in [-0.39, 0.29) is 0 Å². The summed E-state index contributed by atoms with van der Waals surface area (Å²) in [7, 11) is 0. The first-order chi connectivity index (χ1) is 7.85. The first-order valence-electron chi connectivity index (χ1n) is 6.43. The predicted molar refractivity (Wildman–Crippen MR) is 73.9 cm³/mol. The van der Waals surface area contributed by atoms with E-state index < -0.39 is 0 Å². The van der Waals surface area contributed by atoms with Crippen molar-refractivity contribution in [3.8, 4) is 0 Å². The monoisotopic (exact) mass is 242 g/mol. The van der Waals surface area contributed by atoms with Crippen LogP contribution in [0, 0.1) is 5.92 Å². The van der Waals surface area contributed by atoms with Crippen molar-refractivity contribution in [1.29, 1.82) is 0 Å². The van der Waals surface area contributed by atoms with Crippen LogP contribution in [0.3, 0.4) is 0 Å². The summed E-state index contributed by atoms with van der Waals surface area (Å²) in [6.07, 6.45) is 7.52. The molecule has 16 heavy (non-hydrogen) atoms. The van der Waals surface area contributed by atoms with Gasteiger partial charge in [-0.15, -0.1) is 0 Å². The maximum atomic E-state index is 8.96. The molecule has 2 heteroatoms.